The van der Waals surface area contributed by atoms with Crippen molar-refractivity contribution in [3.8, 4) is 5.75 Å². The van der Waals surface area contributed by atoms with Gasteiger partial charge in [0.1, 0.15) is 11.4 Å². The van der Waals surface area contributed by atoms with Crippen LogP contribution in [-0.2, 0) is 0 Å². The fraction of sp³-hybridized carbons (Fsp3) is 0.500. The van der Waals surface area contributed by atoms with E-state index in [2.05, 4.69) is 0 Å². The van der Waals surface area contributed by atoms with Crippen LogP contribution in [0.4, 0.5) is 15.8 Å². The number of likely N-dealkylation sites (N-methyl/N-ethyl adjacent to an activating group) is 2. The van der Waals surface area contributed by atoms with Crippen molar-refractivity contribution in [1.82, 2.24) is 4.90 Å². The van der Waals surface area contributed by atoms with Crippen LogP contribution in [0.5, 0.6) is 5.75 Å². The summed E-state index contributed by atoms with van der Waals surface area (Å²) >= 11 is 0. The highest BCUT2D eigenvalue weighted by Crippen LogP contribution is 2.34. The predicted molar refractivity (Wildman–Crippen MR) is 71.4 cm³/mol. The molecule has 0 N–H and O–H groups in total. The third kappa shape index (κ3) is 3.78. The normalized spacial score (nSPS) is 10.6. The number of nitro groups is 1. The number of methoxy groups -OCH3 is 1. The van der Waals surface area contributed by atoms with E-state index in [-0.39, 0.29) is 11.4 Å². The fourth-order valence-electron chi connectivity index (χ4n) is 1.62. The smallest absolute Gasteiger partial charge is 0.328 e. The van der Waals surface area contributed by atoms with Crippen LogP contribution in [0.3, 0.4) is 0 Å². The van der Waals surface area contributed by atoms with Gasteiger partial charge in [0.05, 0.1) is 12.0 Å². The van der Waals surface area contributed by atoms with Crippen LogP contribution in [0, 0.1) is 15.9 Å². The first-order valence-electron chi connectivity index (χ1n) is 5.74. The van der Waals surface area contributed by atoms with Crippen LogP contribution in [0.15, 0.2) is 12.1 Å². The van der Waals surface area contributed by atoms with E-state index < -0.39 is 16.4 Å². The molecule has 0 saturated heterocycles. The van der Waals surface area contributed by atoms with Gasteiger partial charge in [0.15, 0.2) is 0 Å². The zero-order valence-electron chi connectivity index (χ0n) is 11.5. The Balaban J connectivity index is 3.15. The van der Waals surface area contributed by atoms with E-state index in [1.807, 2.05) is 19.0 Å². The Labute approximate surface area is 111 Å². The first kappa shape index (κ1) is 15.2. The molecule has 1 aromatic carbocycles. The molecule has 0 aromatic heterocycles. The van der Waals surface area contributed by atoms with Crippen molar-refractivity contribution in [2.75, 3.05) is 46.2 Å². The number of ether oxygens (including phenoxy) is 1. The Kier molecular flexibility index (Phi) is 5.05. The summed E-state index contributed by atoms with van der Waals surface area (Å²) < 4.78 is 18.7. The molecule has 0 radical (unpaired) electrons. The lowest BCUT2D eigenvalue weighted by molar-refractivity contribution is -0.386. The van der Waals surface area contributed by atoms with Gasteiger partial charge >= 0.3 is 5.69 Å². The zero-order valence-corrected chi connectivity index (χ0v) is 11.5. The van der Waals surface area contributed by atoms with Crippen molar-refractivity contribution in [2.24, 2.45) is 0 Å². The van der Waals surface area contributed by atoms with E-state index in [0.29, 0.717) is 13.1 Å². The second kappa shape index (κ2) is 6.33. The highest BCUT2D eigenvalue weighted by atomic mass is 19.1. The van der Waals surface area contributed by atoms with Crippen molar-refractivity contribution in [1.29, 1.82) is 0 Å². The van der Waals surface area contributed by atoms with Gasteiger partial charge in [-0.1, -0.05) is 0 Å². The maximum atomic E-state index is 13.7. The molecule has 0 aliphatic rings. The Morgan fingerprint density at radius 1 is 1.32 bits per heavy atom. The summed E-state index contributed by atoms with van der Waals surface area (Å²) in [6, 6.07) is 2.48. The molecule has 1 rings (SSSR count). The van der Waals surface area contributed by atoms with E-state index in [4.69, 9.17) is 4.74 Å². The molecule has 0 unspecified atom stereocenters. The monoisotopic (exact) mass is 271 g/mol. The maximum absolute atomic E-state index is 13.7. The van der Waals surface area contributed by atoms with Crippen LogP contribution in [-0.4, -0.2) is 51.2 Å². The summed E-state index contributed by atoms with van der Waals surface area (Å²) in [5.74, 6) is -0.633. The van der Waals surface area contributed by atoms with Gasteiger partial charge in [-0.3, -0.25) is 10.1 Å². The Hall–Kier alpha value is -1.89. The molecule has 0 fully saturated rings. The van der Waals surface area contributed by atoms with E-state index in [1.54, 1.807) is 11.9 Å². The topological polar surface area (TPSA) is 58.9 Å². The van der Waals surface area contributed by atoms with Gasteiger partial charge in [0, 0.05) is 32.3 Å². The van der Waals surface area contributed by atoms with Gasteiger partial charge < -0.3 is 14.5 Å². The van der Waals surface area contributed by atoms with Crippen LogP contribution in [0.25, 0.3) is 0 Å². The second-order valence-corrected chi connectivity index (χ2v) is 4.46. The van der Waals surface area contributed by atoms with E-state index in [9.17, 15) is 14.5 Å². The summed E-state index contributed by atoms with van der Waals surface area (Å²) in [5.41, 5.74) is -0.314. The lowest BCUT2D eigenvalue weighted by Gasteiger charge is -2.22. The number of anilines is 1. The van der Waals surface area contributed by atoms with Crippen LogP contribution >= 0.6 is 0 Å². The minimum atomic E-state index is -0.893. The summed E-state index contributed by atoms with van der Waals surface area (Å²) in [6.45, 7) is 1.24. The molecule has 0 aliphatic carbocycles. The van der Waals surface area contributed by atoms with Crippen LogP contribution in [0.1, 0.15) is 0 Å². The van der Waals surface area contributed by atoms with Crippen molar-refractivity contribution in [3.63, 3.8) is 0 Å². The third-order valence-corrected chi connectivity index (χ3v) is 2.73. The minimum absolute atomic E-state index is 0.212. The molecule has 7 heteroatoms. The number of hydrogen-bond acceptors (Lipinski definition) is 5. The largest absolute Gasteiger partial charge is 0.497 e. The van der Waals surface area contributed by atoms with E-state index >= 15 is 0 Å². The summed E-state index contributed by atoms with van der Waals surface area (Å²) in [7, 11) is 6.87. The average Bonchev–Trinajstić information content (AvgIpc) is 2.34. The molecule has 0 spiro atoms. The van der Waals surface area contributed by atoms with Crippen LogP contribution in [0.2, 0.25) is 0 Å². The zero-order chi connectivity index (χ0) is 14.6. The first-order valence-corrected chi connectivity index (χ1v) is 5.74. The SMILES string of the molecule is COc1cc(F)c([N+](=O)[O-])c(N(C)CCN(C)C)c1. The Bertz CT molecular complexity index is 466. The Morgan fingerprint density at radius 3 is 2.42 bits per heavy atom. The molecule has 19 heavy (non-hydrogen) atoms. The molecular weight excluding hydrogens is 253 g/mol. The van der Waals surface area contributed by atoms with Gasteiger partial charge in [-0.15, -0.1) is 0 Å². The lowest BCUT2D eigenvalue weighted by atomic mass is 10.2. The maximum Gasteiger partial charge on any atom is 0.328 e. The van der Waals surface area contributed by atoms with Gasteiger partial charge in [-0.25, -0.2) is 0 Å². The molecule has 0 aliphatic heterocycles. The van der Waals surface area contributed by atoms with Gasteiger partial charge in [0.2, 0.25) is 5.82 Å². The lowest BCUT2D eigenvalue weighted by Crippen LogP contribution is -2.29. The molecule has 1 aromatic rings. The first-order chi connectivity index (χ1) is 8.86. The van der Waals surface area contributed by atoms with E-state index in [1.165, 1.54) is 13.2 Å². The standard InChI is InChI=1S/C12H18FN3O3/c1-14(2)5-6-15(3)11-8-9(19-4)7-10(13)12(11)16(17)18/h7-8H,5-6H2,1-4H3. The number of halogens is 1. The van der Waals surface area contributed by atoms with Crippen molar-refractivity contribution >= 4 is 11.4 Å². The molecule has 6 nitrogen and oxygen atoms in total. The number of nitro benzene ring substituents is 1. The van der Waals surface area contributed by atoms with Gasteiger partial charge in [0.25, 0.3) is 0 Å². The summed E-state index contributed by atoms with van der Waals surface area (Å²) in [5, 5.41) is 11.0. The third-order valence-electron chi connectivity index (χ3n) is 2.73. The Morgan fingerprint density at radius 2 is 1.95 bits per heavy atom. The van der Waals surface area contributed by atoms with E-state index in [0.717, 1.165) is 6.07 Å². The number of rotatable bonds is 6. The molecule has 0 saturated carbocycles. The quantitative estimate of drug-likeness (QED) is 0.582. The van der Waals surface area contributed by atoms with Crippen LogP contribution < -0.4 is 9.64 Å². The fourth-order valence-corrected chi connectivity index (χ4v) is 1.62. The molecule has 106 valence electrons. The van der Waals surface area contributed by atoms with Crippen molar-refractivity contribution < 1.29 is 14.1 Å². The second-order valence-electron chi connectivity index (χ2n) is 4.46. The summed E-state index contributed by atoms with van der Waals surface area (Å²) in [4.78, 5) is 13.8. The molecule has 0 atom stereocenters. The summed E-state index contributed by atoms with van der Waals surface area (Å²) in [6.07, 6.45) is 0. The highest BCUT2D eigenvalue weighted by Gasteiger charge is 2.24. The average molecular weight is 271 g/mol. The highest BCUT2D eigenvalue weighted by molar-refractivity contribution is 5.66. The van der Waals surface area contributed by atoms with Gasteiger partial charge in [-0.05, 0) is 14.1 Å². The number of benzene rings is 1. The van der Waals surface area contributed by atoms with Crippen molar-refractivity contribution in [3.05, 3.63) is 28.1 Å². The molecule has 0 amide bonds. The molecular formula is C12H18FN3O3. The van der Waals surface area contributed by atoms with Crippen molar-refractivity contribution in [2.45, 2.75) is 0 Å². The molecule has 0 heterocycles. The molecule has 0 bridgehead atoms. The number of hydrogen-bond donors (Lipinski definition) is 0. The number of nitrogens with zero attached hydrogens (tertiary/aromatic N) is 3. The van der Waals surface area contributed by atoms with Gasteiger partial charge in [-0.2, -0.15) is 4.39 Å². The predicted octanol–water partition coefficient (Wildman–Crippen LogP) is 1.74. The minimum Gasteiger partial charge on any atom is -0.497 e.